The number of hydrogen-bond donors (Lipinski definition) is 0. The molecule has 1 saturated carbocycles. The van der Waals surface area contributed by atoms with Crippen molar-refractivity contribution in [3.8, 4) is 0 Å². The Hall–Kier alpha value is -3.14. The highest BCUT2D eigenvalue weighted by Gasteiger charge is 2.41. The van der Waals surface area contributed by atoms with Gasteiger partial charge in [-0.15, -0.1) is 0 Å². The van der Waals surface area contributed by atoms with Gasteiger partial charge < -0.3 is 4.42 Å². The van der Waals surface area contributed by atoms with E-state index in [2.05, 4.69) is 9.84 Å². The number of allylic oxidation sites excluding steroid dienone is 2. The second kappa shape index (κ2) is 7.84. The van der Waals surface area contributed by atoms with Crippen molar-refractivity contribution in [3.05, 3.63) is 68.1 Å². The van der Waals surface area contributed by atoms with E-state index in [1.165, 1.54) is 6.92 Å². The second-order valence-corrected chi connectivity index (χ2v) is 8.45. The number of nitrogens with zero attached hydrogens (tertiary/aromatic N) is 2. The molecule has 160 valence electrons. The highest BCUT2D eigenvalue weighted by molar-refractivity contribution is 6.07. The fourth-order valence-corrected chi connectivity index (χ4v) is 4.66. The minimum absolute atomic E-state index is 0.0857. The maximum atomic E-state index is 14.6. The molecule has 2 unspecified atom stereocenters. The van der Waals surface area contributed by atoms with E-state index in [9.17, 15) is 18.4 Å². The lowest BCUT2D eigenvalue weighted by Crippen LogP contribution is -2.34. The molecule has 1 aromatic heterocycles. The van der Waals surface area contributed by atoms with Gasteiger partial charge in [0, 0.05) is 29.8 Å². The van der Waals surface area contributed by atoms with E-state index in [0.29, 0.717) is 23.7 Å². The highest BCUT2D eigenvalue weighted by Crippen LogP contribution is 2.44. The van der Waals surface area contributed by atoms with Crippen LogP contribution in [0.5, 0.6) is 0 Å². The van der Waals surface area contributed by atoms with E-state index in [1.54, 1.807) is 13.8 Å². The predicted molar refractivity (Wildman–Crippen MR) is 113 cm³/mol. The number of rotatable bonds is 4. The second-order valence-electron chi connectivity index (χ2n) is 8.45. The Morgan fingerprint density at radius 1 is 1.26 bits per heavy atom. The van der Waals surface area contributed by atoms with Crippen molar-refractivity contribution in [3.63, 3.8) is 0 Å². The molecule has 0 bridgehead atoms. The van der Waals surface area contributed by atoms with Gasteiger partial charge in [0.25, 0.3) is 0 Å². The number of benzene rings is 1. The molecule has 1 fully saturated rings. The van der Waals surface area contributed by atoms with Crippen molar-refractivity contribution < 1.29 is 18.0 Å². The lowest BCUT2D eigenvalue weighted by Gasteiger charge is -2.33. The first kappa shape index (κ1) is 21.1. The highest BCUT2D eigenvalue weighted by atomic mass is 19.2. The smallest absolute Gasteiger partial charge is 0.196 e. The Morgan fingerprint density at radius 3 is 2.58 bits per heavy atom. The van der Waals surface area contributed by atoms with Gasteiger partial charge in [0.15, 0.2) is 22.8 Å². The summed E-state index contributed by atoms with van der Waals surface area (Å²) < 4.78 is 34.8. The van der Waals surface area contributed by atoms with Crippen molar-refractivity contribution in [2.45, 2.75) is 52.4 Å². The first-order chi connectivity index (χ1) is 14.7. The fraction of sp³-hybridized carbons (Fsp3) is 0.417. The summed E-state index contributed by atoms with van der Waals surface area (Å²) in [6, 6.07) is 2.05. The molecule has 0 radical (unpaired) electrons. The van der Waals surface area contributed by atoms with Gasteiger partial charge in [-0.1, -0.05) is 19.3 Å². The number of fused-ring (bicyclic) bond motifs is 1. The van der Waals surface area contributed by atoms with Gasteiger partial charge in [0.05, 0.1) is 12.5 Å². The molecule has 0 amide bonds. The van der Waals surface area contributed by atoms with Gasteiger partial charge in [-0.2, -0.15) is 0 Å². The summed E-state index contributed by atoms with van der Waals surface area (Å²) in [4.78, 5) is 33.8. The Kier molecular flexibility index (Phi) is 5.34. The SMILES string of the molecule is [C-]#[N+]C1=C(C)N=C(C)C(C(=O)CC2CCC2)C1c1cc(F)c(F)c2c(=O)cc(C)oc12. The van der Waals surface area contributed by atoms with E-state index >= 15 is 0 Å². The van der Waals surface area contributed by atoms with Crippen LogP contribution in [0.3, 0.4) is 0 Å². The van der Waals surface area contributed by atoms with E-state index in [0.717, 1.165) is 31.4 Å². The van der Waals surface area contributed by atoms with Crippen LogP contribution in [0.4, 0.5) is 8.78 Å². The number of aryl methyl sites for hydroxylation is 1. The lowest BCUT2D eigenvalue weighted by atomic mass is 9.72. The molecule has 2 heterocycles. The van der Waals surface area contributed by atoms with Gasteiger partial charge in [-0.3, -0.25) is 14.6 Å². The molecule has 0 saturated heterocycles. The molecule has 1 aliphatic carbocycles. The number of ketones is 1. The third-order valence-corrected chi connectivity index (χ3v) is 6.35. The summed E-state index contributed by atoms with van der Waals surface area (Å²) in [6.07, 6.45) is 3.39. The molecular formula is C24H22F2N2O3. The van der Waals surface area contributed by atoms with Gasteiger partial charge in [0.1, 0.15) is 22.5 Å². The van der Waals surface area contributed by atoms with Gasteiger partial charge in [-0.05, 0) is 38.3 Å². The summed E-state index contributed by atoms with van der Waals surface area (Å²) in [5, 5.41) is -0.507. The fourth-order valence-electron chi connectivity index (χ4n) is 4.66. The Bertz CT molecular complexity index is 1260. The summed E-state index contributed by atoms with van der Waals surface area (Å²) in [6.45, 7) is 12.6. The van der Waals surface area contributed by atoms with Crippen LogP contribution in [-0.2, 0) is 4.79 Å². The van der Waals surface area contributed by atoms with Crippen LogP contribution in [0.15, 0.2) is 37.7 Å². The molecule has 5 nitrogen and oxygen atoms in total. The Labute approximate surface area is 178 Å². The summed E-state index contributed by atoms with van der Waals surface area (Å²) in [5.74, 6) is -3.77. The van der Waals surface area contributed by atoms with E-state index in [1.807, 2.05) is 0 Å². The van der Waals surface area contributed by atoms with Crippen LogP contribution in [-0.4, -0.2) is 11.5 Å². The van der Waals surface area contributed by atoms with Crippen LogP contribution in [0.25, 0.3) is 15.8 Å². The zero-order valence-electron chi connectivity index (χ0n) is 17.6. The molecule has 2 atom stereocenters. The zero-order chi connectivity index (χ0) is 22.4. The number of halogens is 2. The molecule has 4 rings (SSSR count). The Morgan fingerprint density at radius 2 is 1.97 bits per heavy atom. The monoisotopic (exact) mass is 424 g/mol. The molecule has 7 heteroatoms. The normalized spacial score (nSPS) is 21.6. The summed E-state index contributed by atoms with van der Waals surface area (Å²) in [5.41, 5.74) is 0.403. The van der Waals surface area contributed by atoms with Crippen molar-refractivity contribution in [1.29, 1.82) is 0 Å². The first-order valence-corrected chi connectivity index (χ1v) is 10.3. The number of hydrogen-bond acceptors (Lipinski definition) is 4. The van der Waals surface area contributed by atoms with E-state index in [4.69, 9.17) is 11.0 Å². The summed E-state index contributed by atoms with van der Waals surface area (Å²) in [7, 11) is 0. The molecule has 1 aliphatic heterocycles. The minimum Gasteiger partial charge on any atom is -0.461 e. The first-order valence-electron chi connectivity index (χ1n) is 10.3. The molecule has 0 spiro atoms. The third kappa shape index (κ3) is 3.50. The van der Waals surface area contributed by atoms with E-state index < -0.39 is 34.3 Å². The lowest BCUT2D eigenvalue weighted by molar-refractivity contribution is -0.122. The van der Waals surface area contributed by atoms with Crippen LogP contribution in [0.2, 0.25) is 0 Å². The number of carbonyl (C=O) groups is 1. The maximum Gasteiger partial charge on any atom is 0.196 e. The average Bonchev–Trinajstić information content (AvgIpc) is 2.66. The third-order valence-electron chi connectivity index (χ3n) is 6.35. The van der Waals surface area contributed by atoms with Crippen molar-refractivity contribution in [2.75, 3.05) is 0 Å². The Balaban J connectivity index is 1.98. The molecule has 2 aliphatic rings. The molecule has 0 N–H and O–H groups in total. The van der Waals surface area contributed by atoms with E-state index in [-0.39, 0.29) is 28.4 Å². The molecular weight excluding hydrogens is 402 g/mol. The topological polar surface area (TPSA) is 64.0 Å². The largest absolute Gasteiger partial charge is 0.461 e. The number of Topliss-reactive ketones (excluding diaryl/α,β-unsaturated/α-hetero) is 1. The van der Waals surface area contributed by atoms with Crippen LogP contribution in [0.1, 0.15) is 56.8 Å². The predicted octanol–water partition coefficient (Wildman–Crippen LogP) is 5.46. The van der Waals surface area contributed by atoms with Crippen molar-refractivity contribution >= 4 is 22.5 Å². The van der Waals surface area contributed by atoms with Crippen LogP contribution in [0, 0.1) is 37.0 Å². The molecule has 1 aromatic carbocycles. The van der Waals surface area contributed by atoms with Gasteiger partial charge in [0.2, 0.25) is 0 Å². The van der Waals surface area contributed by atoms with Crippen molar-refractivity contribution in [2.24, 2.45) is 16.8 Å². The standard InChI is InChI=1S/C24H22F2N2O3/c1-11-8-17(29)21-22(26)16(25)10-15(24(21)31-11)20-19(18(30)9-14-6-5-7-14)12(2)28-13(3)23(20)27-4/h8,10,14,19-20H,5-7,9H2,1-3H3. The quantitative estimate of drug-likeness (QED) is 0.612. The van der Waals surface area contributed by atoms with Gasteiger partial charge >= 0.3 is 0 Å². The minimum atomic E-state index is -1.30. The average molecular weight is 424 g/mol. The number of carbonyl (C=O) groups excluding carboxylic acids is 1. The van der Waals surface area contributed by atoms with Crippen LogP contribution < -0.4 is 5.43 Å². The van der Waals surface area contributed by atoms with Gasteiger partial charge in [-0.25, -0.2) is 13.6 Å². The maximum absolute atomic E-state index is 14.6. The molecule has 2 aromatic rings. The van der Waals surface area contributed by atoms with Crippen LogP contribution >= 0.6 is 0 Å². The molecule has 31 heavy (non-hydrogen) atoms. The number of aliphatic imine (C=N–C) groups is 1. The zero-order valence-corrected chi connectivity index (χ0v) is 17.6. The van der Waals surface area contributed by atoms with Crippen molar-refractivity contribution in [1.82, 2.24) is 0 Å². The summed E-state index contributed by atoms with van der Waals surface area (Å²) >= 11 is 0.